The normalized spacial score (nSPS) is 11.7. The van der Waals surface area contributed by atoms with Crippen molar-refractivity contribution in [3.63, 3.8) is 0 Å². The molecule has 0 amide bonds. The highest BCUT2D eigenvalue weighted by Gasteiger charge is 2.36. The number of aryl methyl sites for hydroxylation is 1. The Kier molecular flexibility index (Phi) is 5.44. The lowest BCUT2D eigenvalue weighted by Gasteiger charge is -2.26. The predicted octanol–water partition coefficient (Wildman–Crippen LogP) is 4.46. The number of nitrogens with zero attached hydrogens (tertiary/aromatic N) is 1. The summed E-state index contributed by atoms with van der Waals surface area (Å²) in [5, 5.41) is 10.0. The maximum Gasteiger partial charge on any atom is 0.335 e. The van der Waals surface area contributed by atoms with E-state index in [1.807, 2.05) is 19.1 Å². The molecule has 5 nitrogen and oxygen atoms in total. The summed E-state index contributed by atoms with van der Waals surface area (Å²) >= 11 is 5.87. The van der Waals surface area contributed by atoms with E-state index < -0.39 is 11.6 Å². The largest absolute Gasteiger partial charge is 0.479 e. The van der Waals surface area contributed by atoms with Crippen molar-refractivity contribution in [3.8, 4) is 11.5 Å². The number of rotatable bonds is 7. The van der Waals surface area contributed by atoms with Crippen LogP contribution in [0.1, 0.15) is 38.1 Å². The Balaban J connectivity index is 2.18. The molecule has 124 valence electrons. The first-order chi connectivity index (χ1) is 10.9. The van der Waals surface area contributed by atoms with Gasteiger partial charge in [0.05, 0.1) is 5.69 Å². The second-order valence-electron chi connectivity index (χ2n) is 5.33. The number of oxazole rings is 1. The Morgan fingerprint density at radius 2 is 1.91 bits per heavy atom. The van der Waals surface area contributed by atoms with Crippen LogP contribution in [0.4, 0.5) is 0 Å². The van der Waals surface area contributed by atoms with E-state index in [2.05, 4.69) is 4.98 Å². The summed E-state index contributed by atoms with van der Waals surface area (Å²) < 4.78 is 11.4. The fourth-order valence-electron chi connectivity index (χ4n) is 2.30. The molecule has 1 aromatic heterocycles. The zero-order valence-electron chi connectivity index (χ0n) is 13.4. The fourth-order valence-corrected chi connectivity index (χ4v) is 2.43. The Morgan fingerprint density at radius 3 is 2.43 bits per heavy atom. The van der Waals surface area contributed by atoms with Crippen LogP contribution in [0.25, 0.3) is 11.5 Å². The standard InChI is InChI=1S/C17H20ClNO4/c1-4-17(5-2,16(20)21)22-10-14-11(3)19-15(23-14)12-6-8-13(18)9-7-12/h6-9H,4-5,10H2,1-3H3,(H,20,21). The summed E-state index contributed by atoms with van der Waals surface area (Å²) in [5.41, 5.74) is 0.292. The van der Waals surface area contributed by atoms with Crippen molar-refractivity contribution in [2.24, 2.45) is 0 Å². The molecule has 2 rings (SSSR count). The minimum Gasteiger partial charge on any atom is -0.479 e. The third-order valence-corrected chi connectivity index (χ3v) is 4.25. The molecule has 0 fully saturated rings. The van der Waals surface area contributed by atoms with E-state index in [-0.39, 0.29) is 6.61 Å². The third-order valence-electron chi connectivity index (χ3n) is 4.00. The van der Waals surface area contributed by atoms with Crippen molar-refractivity contribution in [1.29, 1.82) is 0 Å². The first-order valence-electron chi connectivity index (χ1n) is 7.51. The zero-order valence-corrected chi connectivity index (χ0v) is 14.2. The van der Waals surface area contributed by atoms with Crippen molar-refractivity contribution in [3.05, 3.63) is 40.7 Å². The maximum atomic E-state index is 11.5. The topological polar surface area (TPSA) is 72.6 Å². The molecule has 2 aromatic rings. The van der Waals surface area contributed by atoms with Gasteiger partial charge in [-0.25, -0.2) is 9.78 Å². The van der Waals surface area contributed by atoms with Crippen LogP contribution < -0.4 is 0 Å². The minimum atomic E-state index is -1.19. The summed E-state index contributed by atoms with van der Waals surface area (Å²) in [6.07, 6.45) is 0.770. The van der Waals surface area contributed by atoms with Gasteiger partial charge < -0.3 is 14.3 Å². The maximum absolute atomic E-state index is 11.5. The highest BCUT2D eigenvalue weighted by molar-refractivity contribution is 6.30. The molecule has 0 radical (unpaired) electrons. The molecule has 1 N–H and O–H groups in total. The monoisotopic (exact) mass is 337 g/mol. The highest BCUT2D eigenvalue weighted by Crippen LogP contribution is 2.27. The molecule has 0 saturated carbocycles. The number of hydrogen-bond acceptors (Lipinski definition) is 4. The molecule has 1 aromatic carbocycles. The van der Waals surface area contributed by atoms with Crippen molar-refractivity contribution < 1.29 is 19.1 Å². The van der Waals surface area contributed by atoms with E-state index >= 15 is 0 Å². The van der Waals surface area contributed by atoms with Crippen LogP contribution in [0.5, 0.6) is 0 Å². The van der Waals surface area contributed by atoms with Gasteiger partial charge in [-0.3, -0.25) is 0 Å². The van der Waals surface area contributed by atoms with Crippen LogP contribution >= 0.6 is 11.6 Å². The summed E-state index contributed by atoms with van der Waals surface area (Å²) in [7, 11) is 0. The van der Waals surface area contributed by atoms with Crippen LogP contribution in [0.3, 0.4) is 0 Å². The van der Waals surface area contributed by atoms with E-state index in [0.717, 1.165) is 5.56 Å². The lowest BCUT2D eigenvalue weighted by atomic mass is 9.97. The van der Waals surface area contributed by atoms with E-state index in [9.17, 15) is 9.90 Å². The van der Waals surface area contributed by atoms with Gasteiger partial charge in [0.25, 0.3) is 0 Å². The summed E-state index contributed by atoms with van der Waals surface area (Å²) in [4.78, 5) is 15.8. The molecule has 0 saturated heterocycles. The molecule has 1 heterocycles. The first kappa shape index (κ1) is 17.5. The average molecular weight is 338 g/mol. The molecule has 0 bridgehead atoms. The molecule has 6 heteroatoms. The quantitative estimate of drug-likeness (QED) is 0.807. The van der Waals surface area contributed by atoms with Crippen LogP contribution in [0, 0.1) is 6.92 Å². The molecule has 23 heavy (non-hydrogen) atoms. The lowest BCUT2D eigenvalue weighted by molar-refractivity contribution is -0.169. The molecule has 0 spiro atoms. The van der Waals surface area contributed by atoms with Gasteiger partial charge in [-0.2, -0.15) is 0 Å². The Labute approximate surface area is 140 Å². The Hall–Kier alpha value is -1.85. The van der Waals surface area contributed by atoms with Gasteiger partial charge in [0.15, 0.2) is 11.4 Å². The number of benzene rings is 1. The lowest BCUT2D eigenvalue weighted by Crippen LogP contribution is -2.40. The van der Waals surface area contributed by atoms with Gasteiger partial charge in [0, 0.05) is 10.6 Å². The van der Waals surface area contributed by atoms with Gasteiger partial charge in [-0.1, -0.05) is 25.4 Å². The Morgan fingerprint density at radius 1 is 1.30 bits per heavy atom. The van der Waals surface area contributed by atoms with Crippen molar-refractivity contribution >= 4 is 17.6 Å². The highest BCUT2D eigenvalue weighted by atomic mass is 35.5. The van der Waals surface area contributed by atoms with E-state index in [1.54, 1.807) is 26.0 Å². The number of ether oxygens (including phenoxy) is 1. The van der Waals surface area contributed by atoms with Gasteiger partial charge in [0.1, 0.15) is 6.61 Å². The smallest absolute Gasteiger partial charge is 0.335 e. The second-order valence-corrected chi connectivity index (χ2v) is 5.77. The number of aliphatic carboxylic acids is 1. The third kappa shape index (κ3) is 3.74. The van der Waals surface area contributed by atoms with Crippen molar-refractivity contribution in [2.75, 3.05) is 0 Å². The SMILES string of the molecule is CCC(CC)(OCc1oc(-c2ccc(Cl)cc2)nc1C)C(=O)O. The van der Waals surface area contributed by atoms with E-state index in [4.69, 9.17) is 20.8 Å². The van der Waals surface area contributed by atoms with Gasteiger partial charge in [0.2, 0.25) is 5.89 Å². The molecular weight excluding hydrogens is 318 g/mol. The van der Waals surface area contributed by atoms with E-state index in [1.165, 1.54) is 0 Å². The summed E-state index contributed by atoms with van der Waals surface area (Å²) in [5.74, 6) is 0.0340. The summed E-state index contributed by atoms with van der Waals surface area (Å²) in [6, 6.07) is 7.15. The zero-order chi connectivity index (χ0) is 17.0. The Bertz CT molecular complexity index is 674. The summed E-state index contributed by atoms with van der Waals surface area (Å²) in [6.45, 7) is 5.47. The van der Waals surface area contributed by atoms with Crippen LogP contribution in [-0.2, 0) is 16.1 Å². The average Bonchev–Trinajstić information content (AvgIpc) is 2.90. The predicted molar refractivity (Wildman–Crippen MR) is 87.4 cm³/mol. The van der Waals surface area contributed by atoms with Crippen LogP contribution in [0.2, 0.25) is 5.02 Å². The molecular formula is C17H20ClNO4. The fraction of sp³-hybridized carbons (Fsp3) is 0.412. The van der Waals surface area contributed by atoms with E-state index in [0.29, 0.717) is 35.2 Å². The number of halogens is 1. The molecule has 0 aliphatic carbocycles. The minimum absolute atomic E-state index is 0.0698. The van der Waals surface area contributed by atoms with Crippen molar-refractivity contribution in [1.82, 2.24) is 4.98 Å². The number of carbonyl (C=O) groups is 1. The second kappa shape index (κ2) is 7.15. The number of hydrogen-bond donors (Lipinski definition) is 1. The first-order valence-corrected chi connectivity index (χ1v) is 7.89. The van der Waals surface area contributed by atoms with Gasteiger partial charge >= 0.3 is 5.97 Å². The molecule has 0 atom stereocenters. The van der Waals surface area contributed by atoms with Gasteiger partial charge in [-0.15, -0.1) is 0 Å². The van der Waals surface area contributed by atoms with Crippen LogP contribution in [-0.4, -0.2) is 21.7 Å². The number of aromatic nitrogens is 1. The van der Waals surface area contributed by atoms with Crippen molar-refractivity contribution in [2.45, 2.75) is 45.8 Å². The number of carboxylic acid groups (broad SMARTS) is 1. The number of carboxylic acids is 1. The molecule has 0 unspecified atom stereocenters. The van der Waals surface area contributed by atoms with Gasteiger partial charge in [-0.05, 0) is 44.0 Å². The molecule has 0 aliphatic heterocycles. The van der Waals surface area contributed by atoms with Crippen LogP contribution in [0.15, 0.2) is 28.7 Å². The molecule has 0 aliphatic rings.